The van der Waals surface area contributed by atoms with E-state index in [1.54, 1.807) is 18.2 Å². The number of hydrogen-bond donors (Lipinski definition) is 0. The van der Waals surface area contributed by atoms with Crippen LogP contribution in [0.2, 0.25) is 0 Å². The first kappa shape index (κ1) is 19.2. The summed E-state index contributed by atoms with van der Waals surface area (Å²) in [6.07, 6.45) is 6.94. The number of carbonyl (C=O) groups excluding carboxylic acids is 1. The second-order valence-electron chi connectivity index (χ2n) is 7.34. The minimum atomic E-state index is -0.471. The molecule has 1 aromatic carbocycles. The monoisotopic (exact) mass is 346 g/mol. The zero-order valence-electron chi connectivity index (χ0n) is 15.3. The molecule has 0 aromatic heterocycles. The van der Waals surface area contributed by atoms with Gasteiger partial charge in [0, 0.05) is 5.56 Å². The highest BCUT2D eigenvalue weighted by atomic mass is 19.1. The van der Waals surface area contributed by atoms with Crippen molar-refractivity contribution in [3.8, 4) is 5.75 Å². The van der Waals surface area contributed by atoms with Gasteiger partial charge < -0.3 is 9.47 Å². The van der Waals surface area contributed by atoms with Crippen molar-refractivity contribution in [1.29, 1.82) is 0 Å². The number of ether oxygens (including phenoxy) is 2. The minimum absolute atomic E-state index is 0.0676. The van der Waals surface area contributed by atoms with Crippen molar-refractivity contribution in [1.82, 2.24) is 0 Å². The number of halogens is 1. The van der Waals surface area contributed by atoms with Gasteiger partial charge in [-0.05, 0) is 52.5 Å². The molecule has 0 saturated carbocycles. The Hall–Kier alpha value is -2.10. The second-order valence-corrected chi connectivity index (χ2v) is 7.34. The number of esters is 1. The molecule has 0 bridgehead atoms. The van der Waals surface area contributed by atoms with Crippen molar-refractivity contribution in [2.24, 2.45) is 0 Å². The Kier molecular flexibility index (Phi) is 6.40. The molecule has 1 aliphatic carbocycles. The normalized spacial score (nSPS) is 18.1. The number of rotatable bonds is 5. The van der Waals surface area contributed by atoms with Crippen molar-refractivity contribution < 1.29 is 18.7 Å². The molecule has 1 atom stereocenters. The zero-order chi connectivity index (χ0) is 18.4. The number of carbonyl (C=O) groups is 1. The summed E-state index contributed by atoms with van der Waals surface area (Å²) in [5.74, 6) is -0.315. The fourth-order valence-corrected chi connectivity index (χ4v) is 2.86. The average Bonchev–Trinajstić information content (AvgIpc) is 2.73. The third-order valence-corrected chi connectivity index (χ3v) is 4.01. The molecule has 3 nitrogen and oxygen atoms in total. The summed E-state index contributed by atoms with van der Waals surface area (Å²) < 4.78 is 25.5. The first-order valence-electron chi connectivity index (χ1n) is 8.76. The SMILES string of the molecule is C=Cc1cccc(OC2CCC=C(CC(=O)OC(C)(C)C)CC2)c1F. The summed E-state index contributed by atoms with van der Waals surface area (Å²) in [5.41, 5.74) is 1.04. The highest BCUT2D eigenvalue weighted by Gasteiger charge is 2.21. The maximum atomic E-state index is 14.3. The van der Waals surface area contributed by atoms with E-state index < -0.39 is 5.60 Å². The molecule has 0 N–H and O–H groups in total. The molecule has 2 rings (SSSR count). The molecule has 25 heavy (non-hydrogen) atoms. The van der Waals surface area contributed by atoms with Crippen LogP contribution in [-0.2, 0) is 9.53 Å². The highest BCUT2D eigenvalue weighted by Crippen LogP contribution is 2.28. The lowest BCUT2D eigenvalue weighted by atomic mass is 10.1. The van der Waals surface area contributed by atoms with E-state index >= 15 is 0 Å². The van der Waals surface area contributed by atoms with Gasteiger partial charge in [0.05, 0.1) is 12.5 Å². The van der Waals surface area contributed by atoms with Crippen LogP contribution < -0.4 is 4.74 Å². The number of hydrogen-bond acceptors (Lipinski definition) is 3. The van der Waals surface area contributed by atoms with Crippen molar-refractivity contribution >= 4 is 12.0 Å². The summed E-state index contributed by atoms with van der Waals surface area (Å²) >= 11 is 0. The van der Waals surface area contributed by atoms with Crippen LogP contribution in [0.5, 0.6) is 5.75 Å². The minimum Gasteiger partial charge on any atom is -0.487 e. The smallest absolute Gasteiger partial charge is 0.310 e. The molecule has 136 valence electrons. The third-order valence-electron chi connectivity index (χ3n) is 4.01. The number of allylic oxidation sites excluding steroid dienone is 1. The molecule has 0 amide bonds. The molecule has 4 heteroatoms. The number of benzene rings is 1. The van der Waals surface area contributed by atoms with Gasteiger partial charge in [0.1, 0.15) is 5.60 Å². The fourth-order valence-electron chi connectivity index (χ4n) is 2.86. The summed E-state index contributed by atoms with van der Waals surface area (Å²) in [6.45, 7) is 9.20. The van der Waals surface area contributed by atoms with Crippen molar-refractivity contribution in [2.75, 3.05) is 0 Å². The lowest BCUT2D eigenvalue weighted by Crippen LogP contribution is -2.24. The van der Waals surface area contributed by atoms with Crippen LogP contribution in [0.25, 0.3) is 6.08 Å². The largest absolute Gasteiger partial charge is 0.487 e. The fraction of sp³-hybridized carbons (Fsp3) is 0.476. The zero-order valence-corrected chi connectivity index (χ0v) is 15.3. The lowest BCUT2D eigenvalue weighted by Gasteiger charge is -2.20. The van der Waals surface area contributed by atoms with Gasteiger partial charge in [-0.1, -0.05) is 36.4 Å². The predicted molar refractivity (Wildman–Crippen MR) is 97.9 cm³/mol. The van der Waals surface area contributed by atoms with Crippen LogP contribution in [0.1, 0.15) is 58.4 Å². The van der Waals surface area contributed by atoms with Gasteiger partial charge in [-0.2, -0.15) is 0 Å². The Labute approximate surface area is 149 Å². The molecule has 1 unspecified atom stereocenters. The Bertz CT molecular complexity index is 656. The standard InChI is InChI=1S/C21H27FO3/c1-5-16-9-7-11-18(20(16)22)24-17-10-6-8-15(12-13-17)14-19(23)25-21(2,3)4/h5,7-9,11,17H,1,6,10,12-14H2,2-4H3. The van der Waals surface area contributed by atoms with E-state index in [9.17, 15) is 9.18 Å². The average molecular weight is 346 g/mol. The van der Waals surface area contributed by atoms with Crippen LogP contribution in [0.15, 0.2) is 36.4 Å². The van der Waals surface area contributed by atoms with Gasteiger partial charge in [-0.3, -0.25) is 4.79 Å². The van der Waals surface area contributed by atoms with Gasteiger partial charge in [-0.25, -0.2) is 4.39 Å². The predicted octanol–water partition coefficient (Wildman–Crippen LogP) is 5.45. The molecular weight excluding hydrogens is 319 g/mol. The van der Waals surface area contributed by atoms with E-state index in [-0.39, 0.29) is 23.6 Å². The van der Waals surface area contributed by atoms with Crippen LogP contribution in [0.3, 0.4) is 0 Å². The summed E-state index contributed by atoms with van der Waals surface area (Å²) in [7, 11) is 0. The summed E-state index contributed by atoms with van der Waals surface area (Å²) in [4.78, 5) is 12.0. The quantitative estimate of drug-likeness (QED) is 0.525. The summed E-state index contributed by atoms with van der Waals surface area (Å²) in [5, 5.41) is 0. The van der Waals surface area contributed by atoms with E-state index in [1.165, 1.54) is 6.08 Å². The maximum Gasteiger partial charge on any atom is 0.310 e. The van der Waals surface area contributed by atoms with Crippen molar-refractivity contribution in [3.63, 3.8) is 0 Å². The van der Waals surface area contributed by atoms with E-state index in [0.717, 1.165) is 31.3 Å². The molecule has 1 aromatic rings. The molecular formula is C21H27FO3. The topological polar surface area (TPSA) is 35.5 Å². The van der Waals surface area contributed by atoms with Crippen molar-refractivity contribution in [3.05, 3.63) is 47.8 Å². The Morgan fingerprint density at radius 1 is 1.36 bits per heavy atom. The first-order chi connectivity index (χ1) is 11.8. The molecule has 0 radical (unpaired) electrons. The van der Waals surface area contributed by atoms with E-state index in [0.29, 0.717) is 12.0 Å². The molecule has 0 saturated heterocycles. The van der Waals surface area contributed by atoms with E-state index in [4.69, 9.17) is 9.47 Å². The molecule has 0 spiro atoms. The van der Waals surface area contributed by atoms with E-state index in [2.05, 4.69) is 12.7 Å². The first-order valence-corrected chi connectivity index (χ1v) is 8.76. The molecule has 0 heterocycles. The van der Waals surface area contributed by atoms with Crippen LogP contribution >= 0.6 is 0 Å². The van der Waals surface area contributed by atoms with E-state index in [1.807, 2.05) is 20.8 Å². The van der Waals surface area contributed by atoms with Crippen LogP contribution in [0.4, 0.5) is 4.39 Å². The van der Waals surface area contributed by atoms with Crippen LogP contribution in [0, 0.1) is 5.82 Å². The third kappa shape index (κ3) is 6.04. The lowest BCUT2D eigenvalue weighted by molar-refractivity contribution is -0.153. The second kappa shape index (κ2) is 8.32. The van der Waals surface area contributed by atoms with Gasteiger partial charge in [0.15, 0.2) is 11.6 Å². The molecule has 0 fully saturated rings. The molecule has 0 aliphatic heterocycles. The Morgan fingerprint density at radius 2 is 2.12 bits per heavy atom. The Balaban J connectivity index is 1.91. The summed E-state index contributed by atoms with van der Waals surface area (Å²) in [6, 6.07) is 5.07. The van der Waals surface area contributed by atoms with Gasteiger partial charge in [0.25, 0.3) is 0 Å². The highest BCUT2D eigenvalue weighted by molar-refractivity contribution is 5.72. The Morgan fingerprint density at radius 3 is 2.80 bits per heavy atom. The molecule has 1 aliphatic rings. The van der Waals surface area contributed by atoms with Gasteiger partial charge in [0.2, 0.25) is 0 Å². The maximum absolute atomic E-state index is 14.3. The van der Waals surface area contributed by atoms with Gasteiger partial charge in [-0.15, -0.1) is 0 Å². The van der Waals surface area contributed by atoms with Crippen LogP contribution in [-0.4, -0.2) is 17.7 Å². The van der Waals surface area contributed by atoms with Crippen molar-refractivity contribution in [2.45, 2.75) is 64.6 Å². The van der Waals surface area contributed by atoms with Gasteiger partial charge >= 0.3 is 5.97 Å².